The summed E-state index contributed by atoms with van der Waals surface area (Å²) in [6.07, 6.45) is 2.60. The maximum absolute atomic E-state index is 5.44. The first-order valence-corrected chi connectivity index (χ1v) is 7.50. The number of hydrogen-bond acceptors (Lipinski definition) is 5. The van der Waals surface area contributed by atoms with Crippen molar-refractivity contribution in [3.8, 4) is 0 Å². The summed E-state index contributed by atoms with van der Waals surface area (Å²) in [7, 11) is 1.78. The molecule has 1 unspecified atom stereocenters. The van der Waals surface area contributed by atoms with E-state index in [4.69, 9.17) is 4.74 Å². The molecule has 112 valence electrons. The van der Waals surface area contributed by atoms with Crippen LogP contribution in [0, 0.1) is 5.92 Å². The average Bonchev–Trinajstić information content (AvgIpc) is 2.48. The van der Waals surface area contributed by atoms with Gasteiger partial charge in [-0.25, -0.2) is 0 Å². The monoisotopic (exact) mass is 278 g/mol. The molecular weight excluding hydrogens is 252 g/mol. The SMILES string of the molecule is COC1CCCN(c2ccc(CNCC(C)C)nn2)C1. The van der Waals surface area contributed by atoms with Gasteiger partial charge in [-0.15, -0.1) is 5.10 Å². The van der Waals surface area contributed by atoms with Crippen molar-refractivity contribution in [3.05, 3.63) is 17.8 Å². The average molecular weight is 278 g/mol. The van der Waals surface area contributed by atoms with Crippen LogP contribution in [0.4, 0.5) is 5.82 Å². The first-order chi connectivity index (χ1) is 9.69. The van der Waals surface area contributed by atoms with Crippen LogP contribution in [-0.2, 0) is 11.3 Å². The van der Waals surface area contributed by atoms with Crippen molar-refractivity contribution in [1.82, 2.24) is 15.5 Å². The zero-order chi connectivity index (χ0) is 14.4. The molecule has 0 aliphatic carbocycles. The summed E-state index contributed by atoms with van der Waals surface area (Å²) in [5.74, 6) is 1.61. The van der Waals surface area contributed by atoms with E-state index in [-0.39, 0.29) is 0 Å². The molecule has 5 heteroatoms. The fraction of sp³-hybridized carbons (Fsp3) is 0.733. The number of piperidine rings is 1. The number of aromatic nitrogens is 2. The maximum Gasteiger partial charge on any atom is 0.151 e. The molecule has 5 nitrogen and oxygen atoms in total. The molecule has 1 aliphatic heterocycles. The van der Waals surface area contributed by atoms with Gasteiger partial charge in [0.15, 0.2) is 5.82 Å². The fourth-order valence-corrected chi connectivity index (χ4v) is 2.44. The van der Waals surface area contributed by atoms with E-state index in [1.165, 1.54) is 0 Å². The normalized spacial score (nSPS) is 19.6. The minimum atomic E-state index is 0.318. The lowest BCUT2D eigenvalue weighted by Gasteiger charge is -2.32. The highest BCUT2D eigenvalue weighted by Crippen LogP contribution is 2.18. The number of rotatable bonds is 6. The van der Waals surface area contributed by atoms with Gasteiger partial charge in [0.25, 0.3) is 0 Å². The third-order valence-electron chi connectivity index (χ3n) is 3.60. The predicted octanol–water partition coefficient (Wildman–Crippen LogP) is 1.84. The molecule has 1 aromatic rings. The van der Waals surface area contributed by atoms with Gasteiger partial charge in [0.2, 0.25) is 0 Å². The molecule has 1 fully saturated rings. The molecule has 2 heterocycles. The third kappa shape index (κ3) is 4.42. The second kappa shape index (κ2) is 7.55. The van der Waals surface area contributed by atoms with Gasteiger partial charge in [-0.05, 0) is 37.4 Å². The topological polar surface area (TPSA) is 50.3 Å². The van der Waals surface area contributed by atoms with Crippen LogP contribution in [0.1, 0.15) is 32.4 Å². The lowest BCUT2D eigenvalue weighted by atomic mass is 10.1. The molecule has 1 atom stereocenters. The third-order valence-corrected chi connectivity index (χ3v) is 3.60. The highest BCUT2D eigenvalue weighted by atomic mass is 16.5. The number of methoxy groups -OCH3 is 1. The Balaban J connectivity index is 1.87. The Morgan fingerprint density at radius 2 is 2.25 bits per heavy atom. The van der Waals surface area contributed by atoms with E-state index in [2.05, 4.69) is 46.4 Å². The summed E-state index contributed by atoms with van der Waals surface area (Å²) in [5, 5.41) is 12.0. The second-order valence-corrected chi connectivity index (χ2v) is 5.85. The van der Waals surface area contributed by atoms with E-state index in [0.717, 1.165) is 50.5 Å². The molecule has 0 saturated carbocycles. The van der Waals surface area contributed by atoms with Crippen LogP contribution in [0.3, 0.4) is 0 Å². The van der Waals surface area contributed by atoms with Crippen molar-refractivity contribution in [1.29, 1.82) is 0 Å². The van der Waals surface area contributed by atoms with Crippen LogP contribution in [0.2, 0.25) is 0 Å². The van der Waals surface area contributed by atoms with Crippen molar-refractivity contribution >= 4 is 5.82 Å². The van der Waals surface area contributed by atoms with Gasteiger partial charge in [0, 0.05) is 26.7 Å². The van der Waals surface area contributed by atoms with Crippen LogP contribution in [0.25, 0.3) is 0 Å². The van der Waals surface area contributed by atoms with Crippen molar-refractivity contribution in [3.63, 3.8) is 0 Å². The van der Waals surface area contributed by atoms with Crippen LogP contribution in [0.5, 0.6) is 0 Å². The molecular formula is C15H26N4O. The molecule has 20 heavy (non-hydrogen) atoms. The zero-order valence-corrected chi connectivity index (χ0v) is 12.8. The Hall–Kier alpha value is -1.20. The van der Waals surface area contributed by atoms with Crippen molar-refractivity contribution in [2.45, 2.75) is 39.3 Å². The summed E-state index contributed by atoms with van der Waals surface area (Å²) < 4.78 is 5.44. The summed E-state index contributed by atoms with van der Waals surface area (Å²) in [6.45, 7) is 8.14. The lowest BCUT2D eigenvalue weighted by molar-refractivity contribution is 0.0891. The van der Waals surface area contributed by atoms with Crippen molar-refractivity contribution < 1.29 is 4.74 Å². The van der Waals surface area contributed by atoms with Gasteiger partial charge < -0.3 is 15.0 Å². The van der Waals surface area contributed by atoms with Gasteiger partial charge in [0.1, 0.15) is 0 Å². The largest absolute Gasteiger partial charge is 0.380 e. The van der Waals surface area contributed by atoms with Gasteiger partial charge >= 0.3 is 0 Å². The van der Waals surface area contributed by atoms with E-state index < -0.39 is 0 Å². The van der Waals surface area contributed by atoms with Crippen molar-refractivity contribution in [2.24, 2.45) is 5.92 Å². The molecule has 0 bridgehead atoms. The standard InChI is InChI=1S/C15H26N4O/c1-12(2)9-16-10-13-6-7-15(18-17-13)19-8-4-5-14(11-19)20-3/h6-7,12,14,16H,4-5,8-11H2,1-3H3. The Kier molecular flexibility index (Phi) is 5.73. The van der Waals surface area contributed by atoms with Crippen LogP contribution < -0.4 is 10.2 Å². The van der Waals surface area contributed by atoms with Crippen molar-refractivity contribution in [2.75, 3.05) is 31.6 Å². The summed E-state index contributed by atoms with van der Waals surface area (Å²) in [4.78, 5) is 2.26. The van der Waals surface area contributed by atoms with Gasteiger partial charge in [-0.2, -0.15) is 5.10 Å². The summed E-state index contributed by atoms with van der Waals surface area (Å²) in [5.41, 5.74) is 0.995. The summed E-state index contributed by atoms with van der Waals surface area (Å²) in [6, 6.07) is 4.13. The first-order valence-electron chi connectivity index (χ1n) is 7.50. The molecule has 0 spiro atoms. The number of ether oxygens (including phenoxy) is 1. The van der Waals surface area contributed by atoms with Gasteiger partial charge in [-0.1, -0.05) is 13.8 Å². The van der Waals surface area contributed by atoms with E-state index in [0.29, 0.717) is 12.0 Å². The number of anilines is 1. The van der Waals surface area contributed by atoms with E-state index in [1.807, 2.05) is 0 Å². The van der Waals surface area contributed by atoms with E-state index in [1.54, 1.807) is 7.11 Å². The summed E-state index contributed by atoms with van der Waals surface area (Å²) >= 11 is 0. The maximum atomic E-state index is 5.44. The second-order valence-electron chi connectivity index (χ2n) is 5.85. The van der Waals surface area contributed by atoms with E-state index in [9.17, 15) is 0 Å². The minimum Gasteiger partial charge on any atom is -0.380 e. The number of nitrogens with one attached hydrogen (secondary N) is 1. The van der Waals surface area contributed by atoms with E-state index >= 15 is 0 Å². The highest BCUT2D eigenvalue weighted by Gasteiger charge is 2.20. The Bertz CT molecular complexity index is 393. The van der Waals surface area contributed by atoms with Crippen LogP contribution >= 0.6 is 0 Å². The lowest BCUT2D eigenvalue weighted by Crippen LogP contribution is -2.39. The van der Waals surface area contributed by atoms with Crippen LogP contribution in [0.15, 0.2) is 12.1 Å². The fourth-order valence-electron chi connectivity index (χ4n) is 2.44. The molecule has 0 radical (unpaired) electrons. The van der Waals surface area contributed by atoms with Crippen LogP contribution in [-0.4, -0.2) is 43.0 Å². The molecule has 1 N–H and O–H groups in total. The zero-order valence-electron chi connectivity index (χ0n) is 12.8. The molecule has 2 rings (SSSR count). The Labute approximate surface area is 121 Å². The van der Waals surface area contributed by atoms with Gasteiger partial charge in [-0.3, -0.25) is 0 Å². The number of hydrogen-bond donors (Lipinski definition) is 1. The Morgan fingerprint density at radius 3 is 2.90 bits per heavy atom. The molecule has 1 aliphatic rings. The first kappa shape index (κ1) is 15.2. The molecule has 0 aromatic carbocycles. The minimum absolute atomic E-state index is 0.318. The highest BCUT2D eigenvalue weighted by molar-refractivity contribution is 5.38. The molecule has 1 saturated heterocycles. The smallest absolute Gasteiger partial charge is 0.151 e. The Morgan fingerprint density at radius 1 is 1.40 bits per heavy atom. The molecule has 1 aromatic heterocycles. The molecule has 0 amide bonds. The number of nitrogens with zero attached hydrogens (tertiary/aromatic N) is 3. The predicted molar refractivity (Wildman–Crippen MR) is 80.8 cm³/mol. The quantitative estimate of drug-likeness (QED) is 0.860. The van der Waals surface area contributed by atoms with Gasteiger partial charge in [0.05, 0.1) is 11.8 Å².